The quantitative estimate of drug-likeness (QED) is 0.725. The van der Waals surface area contributed by atoms with E-state index >= 15 is 0 Å². The van der Waals surface area contributed by atoms with Crippen LogP contribution in [0.5, 0.6) is 0 Å². The monoisotopic (exact) mass is 392 g/mol. The Kier molecular flexibility index (Phi) is 5.94. The van der Waals surface area contributed by atoms with E-state index in [4.69, 9.17) is 16.3 Å². The molecule has 138 valence electrons. The Balaban J connectivity index is 1.87. The van der Waals surface area contributed by atoms with Crippen molar-refractivity contribution in [3.05, 3.63) is 51.4 Å². The van der Waals surface area contributed by atoms with Crippen LogP contribution in [0.1, 0.15) is 35.0 Å². The molecule has 1 aliphatic heterocycles. The Labute approximate surface area is 161 Å². The van der Waals surface area contributed by atoms with Crippen molar-refractivity contribution in [2.24, 2.45) is 5.41 Å². The van der Waals surface area contributed by atoms with Gasteiger partial charge < -0.3 is 9.64 Å². The summed E-state index contributed by atoms with van der Waals surface area (Å²) in [5, 5.41) is 0.634. The van der Waals surface area contributed by atoms with Crippen LogP contribution in [0.4, 0.5) is 0 Å². The normalized spacial score (nSPS) is 20.0. The number of nitrogens with zero attached hydrogens (tertiary/aromatic N) is 2. The van der Waals surface area contributed by atoms with Crippen LogP contribution in [0.25, 0.3) is 0 Å². The summed E-state index contributed by atoms with van der Waals surface area (Å²) in [4.78, 5) is 31.9. The Bertz CT molecular complexity index is 781. The van der Waals surface area contributed by atoms with Gasteiger partial charge in [0, 0.05) is 18.1 Å². The number of carbonyl (C=O) groups is 2. The zero-order valence-electron chi connectivity index (χ0n) is 14.6. The number of halogens is 1. The molecule has 7 heteroatoms. The average molecular weight is 393 g/mol. The topological polar surface area (TPSA) is 59.5 Å². The largest absolute Gasteiger partial charge is 0.466 e. The number of amides is 1. The van der Waals surface area contributed by atoms with Crippen molar-refractivity contribution in [2.75, 3.05) is 19.7 Å². The van der Waals surface area contributed by atoms with E-state index in [2.05, 4.69) is 4.98 Å². The van der Waals surface area contributed by atoms with Crippen molar-refractivity contribution < 1.29 is 14.3 Å². The van der Waals surface area contributed by atoms with E-state index in [-0.39, 0.29) is 11.9 Å². The summed E-state index contributed by atoms with van der Waals surface area (Å²) in [6.07, 6.45) is 3.51. The number of piperidine rings is 1. The lowest BCUT2D eigenvalue weighted by atomic mass is 9.75. The summed E-state index contributed by atoms with van der Waals surface area (Å²) in [5.74, 6) is -0.325. The first-order chi connectivity index (χ1) is 12.5. The van der Waals surface area contributed by atoms with E-state index in [0.29, 0.717) is 42.4 Å². The smallest absolute Gasteiger partial charge is 0.314 e. The molecule has 1 saturated heterocycles. The fourth-order valence-electron chi connectivity index (χ4n) is 3.49. The minimum absolute atomic E-state index is 0.0769. The van der Waals surface area contributed by atoms with Gasteiger partial charge >= 0.3 is 5.97 Å². The number of thiazole rings is 1. The van der Waals surface area contributed by atoms with Crippen LogP contribution in [0.3, 0.4) is 0 Å². The molecule has 1 aromatic carbocycles. The van der Waals surface area contributed by atoms with Gasteiger partial charge in [-0.25, -0.2) is 0 Å². The van der Waals surface area contributed by atoms with Crippen molar-refractivity contribution in [3.63, 3.8) is 0 Å². The van der Waals surface area contributed by atoms with E-state index in [9.17, 15) is 9.59 Å². The maximum absolute atomic E-state index is 12.9. The van der Waals surface area contributed by atoms with E-state index in [1.165, 1.54) is 11.3 Å². The first kappa shape index (κ1) is 18.9. The third kappa shape index (κ3) is 4.07. The lowest BCUT2D eigenvalue weighted by Gasteiger charge is -2.41. The molecule has 0 saturated carbocycles. The van der Waals surface area contributed by atoms with Gasteiger partial charge in [0.15, 0.2) is 0 Å². The number of likely N-dealkylation sites (tertiary alicyclic amines) is 1. The predicted octanol–water partition coefficient (Wildman–Crippen LogP) is 3.82. The number of carbonyl (C=O) groups excluding carboxylic acids is 2. The molecule has 26 heavy (non-hydrogen) atoms. The third-order valence-electron chi connectivity index (χ3n) is 4.65. The zero-order chi connectivity index (χ0) is 18.6. The fourth-order valence-corrected chi connectivity index (χ4v) is 4.29. The SMILES string of the molecule is CCOC(=O)[C@]1(Cc2cccc(Cl)c2)CCCN(C(=O)c2cncs2)C1. The summed E-state index contributed by atoms with van der Waals surface area (Å²) in [5.41, 5.74) is 1.86. The maximum atomic E-state index is 12.9. The number of hydrogen-bond donors (Lipinski definition) is 0. The highest BCUT2D eigenvalue weighted by atomic mass is 35.5. The third-order valence-corrected chi connectivity index (χ3v) is 5.64. The molecular formula is C19H21ClN2O3S. The zero-order valence-corrected chi connectivity index (χ0v) is 16.2. The van der Waals surface area contributed by atoms with Gasteiger partial charge in [0.25, 0.3) is 5.91 Å². The van der Waals surface area contributed by atoms with E-state index in [1.807, 2.05) is 24.3 Å². The molecule has 1 amide bonds. The van der Waals surface area contributed by atoms with E-state index in [1.54, 1.807) is 23.5 Å². The Hall–Kier alpha value is -1.92. The minimum atomic E-state index is -0.751. The van der Waals surface area contributed by atoms with Crippen LogP contribution in [0.15, 0.2) is 36.0 Å². The second kappa shape index (κ2) is 8.18. The highest BCUT2D eigenvalue weighted by molar-refractivity contribution is 7.11. The molecule has 5 nitrogen and oxygen atoms in total. The number of aromatic nitrogens is 1. The van der Waals surface area contributed by atoms with Gasteiger partial charge in [-0.2, -0.15) is 0 Å². The summed E-state index contributed by atoms with van der Waals surface area (Å²) < 4.78 is 5.39. The van der Waals surface area contributed by atoms with Gasteiger partial charge in [-0.15, -0.1) is 11.3 Å². The van der Waals surface area contributed by atoms with Crippen molar-refractivity contribution in [3.8, 4) is 0 Å². The predicted molar refractivity (Wildman–Crippen MR) is 101 cm³/mol. The minimum Gasteiger partial charge on any atom is -0.466 e. The number of ether oxygens (including phenoxy) is 1. The number of esters is 1. The van der Waals surface area contributed by atoms with Gasteiger partial charge in [-0.3, -0.25) is 14.6 Å². The van der Waals surface area contributed by atoms with Gasteiger partial charge in [-0.05, 0) is 43.9 Å². The molecule has 0 spiro atoms. The van der Waals surface area contributed by atoms with Crippen LogP contribution in [-0.2, 0) is 16.0 Å². The first-order valence-electron chi connectivity index (χ1n) is 8.63. The van der Waals surface area contributed by atoms with Gasteiger partial charge in [0.05, 0.1) is 23.7 Å². The molecule has 0 bridgehead atoms. The summed E-state index contributed by atoms with van der Waals surface area (Å²) in [6.45, 7) is 3.09. The van der Waals surface area contributed by atoms with E-state index < -0.39 is 5.41 Å². The second-order valence-electron chi connectivity index (χ2n) is 6.50. The molecule has 1 aliphatic rings. The fraction of sp³-hybridized carbons (Fsp3) is 0.421. The molecule has 2 aromatic rings. The Morgan fingerprint density at radius 1 is 1.42 bits per heavy atom. The second-order valence-corrected chi connectivity index (χ2v) is 7.83. The molecular weight excluding hydrogens is 372 g/mol. The van der Waals surface area contributed by atoms with Crippen molar-refractivity contribution in [1.29, 1.82) is 0 Å². The molecule has 3 rings (SSSR count). The summed E-state index contributed by atoms with van der Waals surface area (Å²) in [7, 11) is 0. The molecule has 0 unspecified atom stereocenters. The molecule has 2 heterocycles. The van der Waals surface area contributed by atoms with Crippen LogP contribution in [-0.4, -0.2) is 41.5 Å². The number of rotatable bonds is 5. The van der Waals surface area contributed by atoms with Gasteiger partial charge in [-0.1, -0.05) is 23.7 Å². The van der Waals surface area contributed by atoms with Crippen molar-refractivity contribution >= 4 is 34.8 Å². The van der Waals surface area contributed by atoms with Gasteiger partial charge in [0.2, 0.25) is 0 Å². The highest BCUT2D eigenvalue weighted by Gasteiger charge is 2.45. The van der Waals surface area contributed by atoms with Crippen LogP contribution in [0.2, 0.25) is 5.02 Å². The van der Waals surface area contributed by atoms with Crippen molar-refractivity contribution in [2.45, 2.75) is 26.2 Å². The average Bonchev–Trinajstić information content (AvgIpc) is 3.16. The van der Waals surface area contributed by atoms with Crippen LogP contribution >= 0.6 is 22.9 Å². The summed E-state index contributed by atoms with van der Waals surface area (Å²) in [6, 6.07) is 7.51. The van der Waals surface area contributed by atoms with Gasteiger partial charge in [0.1, 0.15) is 4.88 Å². The Morgan fingerprint density at radius 3 is 2.96 bits per heavy atom. The summed E-state index contributed by atoms with van der Waals surface area (Å²) >= 11 is 7.42. The lowest BCUT2D eigenvalue weighted by molar-refractivity contribution is -0.158. The maximum Gasteiger partial charge on any atom is 0.314 e. The molecule has 1 atom stereocenters. The molecule has 0 aliphatic carbocycles. The molecule has 1 fully saturated rings. The lowest BCUT2D eigenvalue weighted by Crippen LogP contribution is -2.51. The molecule has 1 aromatic heterocycles. The molecule has 0 radical (unpaired) electrons. The number of hydrogen-bond acceptors (Lipinski definition) is 5. The first-order valence-corrected chi connectivity index (χ1v) is 9.89. The standard InChI is InChI=1S/C19H21ClN2O3S/c1-2-25-18(24)19(10-14-5-3-6-15(20)9-14)7-4-8-22(12-19)17(23)16-11-21-13-26-16/h3,5-6,9,11,13H,2,4,7-8,10,12H2,1H3/t19-/m0/s1. The highest BCUT2D eigenvalue weighted by Crippen LogP contribution is 2.36. The van der Waals surface area contributed by atoms with E-state index in [0.717, 1.165) is 12.0 Å². The van der Waals surface area contributed by atoms with Crippen molar-refractivity contribution in [1.82, 2.24) is 9.88 Å². The molecule has 0 N–H and O–H groups in total. The van der Waals surface area contributed by atoms with Crippen LogP contribution < -0.4 is 0 Å². The number of benzene rings is 1. The Morgan fingerprint density at radius 2 is 2.27 bits per heavy atom. The van der Waals surface area contributed by atoms with Crippen LogP contribution in [0, 0.1) is 5.41 Å².